The van der Waals surface area contributed by atoms with Crippen molar-refractivity contribution in [2.24, 2.45) is 0 Å². The Morgan fingerprint density at radius 2 is 1.34 bits per heavy atom. The maximum absolute atomic E-state index is 11.9. The number of amides is 1. The van der Waals surface area contributed by atoms with Gasteiger partial charge in [0.15, 0.2) is 0 Å². The number of para-hydroxylation sites is 1. The highest BCUT2D eigenvalue weighted by molar-refractivity contribution is 6.39. The Bertz CT molecular complexity index is 570. The number of halogens is 2. The summed E-state index contributed by atoms with van der Waals surface area (Å²) in [6.45, 7) is 2.26. The van der Waals surface area contributed by atoms with Crippen molar-refractivity contribution in [2.75, 3.05) is 5.43 Å². The number of hydrogen-bond donors (Lipinski definition) is 2. The van der Waals surface area contributed by atoms with Crippen LogP contribution in [0.25, 0.3) is 0 Å². The second kappa shape index (κ2) is 17.7. The number of hydrazine groups is 1. The molecule has 0 atom stereocenters. The molecule has 0 aromatic heterocycles. The van der Waals surface area contributed by atoms with E-state index in [0.29, 0.717) is 22.2 Å². The van der Waals surface area contributed by atoms with Gasteiger partial charge in [0, 0.05) is 6.42 Å². The first-order chi connectivity index (χ1) is 14.1. The molecular weight excluding hydrogens is 403 g/mol. The second-order valence-electron chi connectivity index (χ2n) is 7.60. The first kappa shape index (κ1) is 25.8. The Labute approximate surface area is 187 Å². The molecule has 0 aliphatic carbocycles. The van der Waals surface area contributed by atoms with Gasteiger partial charge >= 0.3 is 0 Å². The van der Waals surface area contributed by atoms with E-state index in [9.17, 15) is 4.79 Å². The van der Waals surface area contributed by atoms with Crippen molar-refractivity contribution in [1.29, 1.82) is 0 Å². The van der Waals surface area contributed by atoms with E-state index in [1.807, 2.05) is 0 Å². The average molecular weight is 441 g/mol. The molecule has 1 aromatic carbocycles. The molecule has 3 nitrogen and oxygen atoms in total. The minimum Gasteiger partial charge on any atom is -0.296 e. The largest absolute Gasteiger partial charge is 0.296 e. The first-order valence-electron chi connectivity index (χ1n) is 11.3. The molecule has 0 radical (unpaired) electrons. The average Bonchev–Trinajstić information content (AvgIpc) is 2.70. The molecule has 0 saturated heterocycles. The van der Waals surface area contributed by atoms with E-state index in [2.05, 4.69) is 29.9 Å². The molecule has 0 bridgehead atoms. The normalized spacial score (nSPS) is 11.1. The van der Waals surface area contributed by atoms with E-state index in [1.165, 1.54) is 70.6 Å². The summed E-state index contributed by atoms with van der Waals surface area (Å²) < 4.78 is 0. The fourth-order valence-corrected chi connectivity index (χ4v) is 3.66. The molecule has 0 saturated carbocycles. The van der Waals surface area contributed by atoms with Gasteiger partial charge in [0.1, 0.15) is 0 Å². The Kier molecular flexibility index (Phi) is 15.7. The smallest absolute Gasteiger partial charge is 0.238 e. The minimum atomic E-state index is -0.0430. The van der Waals surface area contributed by atoms with Crippen LogP contribution in [0.2, 0.25) is 10.0 Å². The molecule has 0 unspecified atom stereocenters. The lowest BCUT2D eigenvalue weighted by atomic mass is 10.1. The molecule has 1 aromatic rings. The van der Waals surface area contributed by atoms with Crippen molar-refractivity contribution in [3.05, 3.63) is 40.4 Å². The molecule has 0 heterocycles. The monoisotopic (exact) mass is 440 g/mol. The number of nitrogens with one attached hydrogen (secondary N) is 2. The predicted molar refractivity (Wildman–Crippen MR) is 128 cm³/mol. The third-order valence-electron chi connectivity index (χ3n) is 4.96. The number of benzene rings is 1. The number of allylic oxidation sites excluding steroid dienone is 2. The molecule has 1 rings (SSSR count). The molecule has 0 aliphatic heterocycles. The van der Waals surface area contributed by atoms with Crippen LogP contribution in [0.5, 0.6) is 0 Å². The van der Waals surface area contributed by atoms with Crippen LogP contribution in [0.4, 0.5) is 5.69 Å². The van der Waals surface area contributed by atoms with Crippen LogP contribution < -0.4 is 10.9 Å². The zero-order valence-electron chi connectivity index (χ0n) is 18.0. The molecule has 164 valence electrons. The number of carbonyl (C=O) groups is 1. The van der Waals surface area contributed by atoms with Gasteiger partial charge in [-0.05, 0) is 44.2 Å². The number of anilines is 1. The van der Waals surface area contributed by atoms with Crippen LogP contribution in [0.3, 0.4) is 0 Å². The number of unbranched alkanes of at least 4 members (excludes halogenated alkanes) is 11. The van der Waals surface area contributed by atoms with Gasteiger partial charge in [-0.25, -0.2) is 0 Å². The van der Waals surface area contributed by atoms with E-state index in [4.69, 9.17) is 23.2 Å². The molecular formula is C24H38Cl2N2O. The Morgan fingerprint density at radius 3 is 1.93 bits per heavy atom. The van der Waals surface area contributed by atoms with E-state index in [-0.39, 0.29) is 5.91 Å². The van der Waals surface area contributed by atoms with E-state index >= 15 is 0 Å². The molecule has 29 heavy (non-hydrogen) atoms. The van der Waals surface area contributed by atoms with Crippen LogP contribution in [0.15, 0.2) is 30.4 Å². The van der Waals surface area contributed by atoms with Crippen LogP contribution in [0, 0.1) is 0 Å². The van der Waals surface area contributed by atoms with Gasteiger partial charge < -0.3 is 0 Å². The summed E-state index contributed by atoms with van der Waals surface area (Å²) in [6.07, 6.45) is 21.5. The number of hydrogen-bond acceptors (Lipinski definition) is 2. The summed E-state index contributed by atoms with van der Waals surface area (Å²) >= 11 is 12.1. The van der Waals surface area contributed by atoms with E-state index in [1.54, 1.807) is 18.2 Å². The topological polar surface area (TPSA) is 41.1 Å². The Balaban J connectivity index is 1.91. The van der Waals surface area contributed by atoms with Crippen molar-refractivity contribution in [3.63, 3.8) is 0 Å². The molecule has 5 heteroatoms. The SMILES string of the molecule is CCCCCCCCC=CCCCCCCCC(=O)NNc1c(Cl)cccc1Cl. The van der Waals surface area contributed by atoms with Gasteiger partial charge in [0.25, 0.3) is 0 Å². The van der Waals surface area contributed by atoms with E-state index in [0.717, 1.165) is 12.8 Å². The number of rotatable bonds is 17. The van der Waals surface area contributed by atoms with E-state index < -0.39 is 0 Å². The van der Waals surface area contributed by atoms with Crippen LogP contribution in [0.1, 0.15) is 96.8 Å². The quantitative estimate of drug-likeness (QED) is 0.145. The Morgan fingerprint density at radius 1 is 0.828 bits per heavy atom. The summed E-state index contributed by atoms with van der Waals surface area (Å²) in [5.41, 5.74) is 6.01. The van der Waals surface area contributed by atoms with Gasteiger partial charge in [0.2, 0.25) is 5.91 Å². The van der Waals surface area contributed by atoms with Crippen LogP contribution in [-0.4, -0.2) is 5.91 Å². The Hall–Kier alpha value is -1.19. The van der Waals surface area contributed by atoms with Crippen molar-refractivity contribution < 1.29 is 4.79 Å². The standard InChI is InChI=1S/C24H38Cl2N2O/c1-2-3-4-5-6-7-8-9-10-11-12-13-14-15-16-20-23(29)27-28-24-21(25)18-17-19-22(24)26/h9-10,17-19,28H,2-8,11-16,20H2,1H3,(H,27,29). The van der Waals surface area contributed by atoms with Gasteiger partial charge in [-0.2, -0.15) is 0 Å². The zero-order chi connectivity index (χ0) is 21.2. The maximum Gasteiger partial charge on any atom is 0.238 e. The fraction of sp³-hybridized carbons (Fsp3) is 0.625. The molecule has 0 aliphatic rings. The molecule has 0 spiro atoms. The highest BCUT2D eigenvalue weighted by Gasteiger charge is 2.06. The summed E-state index contributed by atoms with van der Waals surface area (Å²) in [4.78, 5) is 11.9. The van der Waals surface area contributed by atoms with Crippen molar-refractivity contribution in [3.8, 4) is 0 Å². The molecule has 2 N–H and O–H groups in total. The summed E-state index contributed by atoms with van der Waals surface area (Å²) in [5, 5.41) is 0.970. The maximum atomic E-state index is 11.9. The van der Waals surface area contributed by atoms with Gasteiger partial charge in [-0.1, -0.05) is 99.7 Å². The third-order valence-corrected chi connectivity index (χ3v) is 5.59. The first-order valence-corrected chi connectivity index (χ1v) is 12.0. The summed E-state index contributed by atoms with van der Waals surface area (Å²) in [7, 11) is 0. The van der Waals surface area contributed by atoms with Gasteiger partial charge in [0.05, 0.1) is 15.7 Å². The third kappa shape index (κ3) is 13.6. The molecule has 1 amide bonds. The summed E-state index contributed by atoms with van der Waals surface area (Å²) in [6, 6.07) is 5.22. The lowest BCUT2D eigenvalue weighted by Gasteiger charge is -2.11. The lowest BCUT2D eigenvalue weighted by molar-refractivity contribution is -0.120. The van der Waals surface area contributed by atoms with Crippen LogP contribution >= 0.6 is 23.2 Å². The van der Waals surface area contributed by atoms with Gasteiger partial charge in [-0.15, -0.1) is 0 Å². The fourth-order valence-electron chi connectivity index (χ4n) is 3.17. The second-order valence-corrected chi connectivity index (χ2v) is 8.42. The zero-order valence-corrected chi connectivity index (χ0v) is 19.5. The number of carbonyl (C=O) groups excluding carboxylic acids is 1. The summed E-state index contributed by atoms with van der Waals surface area (Å²) in [5.74, 6) is -0.0430. The molecule has 0 fully saturated rings. The van der Waals surface area contributed by atoms with Gasteiger partial charge in [-0.3, -0.25) is 15.6 Å². The van der Waals surface area contributed by atoms with Crippen molar-refractivity contribution in [1.82, 2.24) is 5.43 Å². The lowest BCUT2D eigenvalue weighted by Crippen LogP contribution is -2.29. The van der Waals surface area contributed by atoms with Crippen LogP contribution in [-0.2, 0) is 4.79 Å². The van der Waals surface area contributed by atoms with Crippen molar-refractivity contribution >= 4 is 34.8 Å². The highest BCUT2D eigenvalue weighted by Crippen LogP contribution is 2.28. The minimum absolute atomic E-state index is 0.0430. The predicted octanol–water partition coefficient (Wildman–Crippen LogP) is 8.47. The highest BCUT2D eigenvalue weighted by atomic mass is 35.5. The van der Waals surface area contributed by atoms with Crippen molar-refractivity contribution in [2.45, 2.75) is 96.8 Å².